The van der Waals surface area contributed by atoms with E-state index in [1.54, 1.807) is 0 Å². The molecule has 1 rings (SSSR count). The third kappa shape index (κ3) is 2.02. The molecule has 0 unspecified atom stereocenters. The van der Waals surface area contributed by atoms with Crippen LogP contribution in [-0.4, -0.2) is 10.0 Å². The molecule has 0 aliphatic carbocycles. The van der Waals surface area contributed by atoms with Crippen molar-refractivity contribution in [2.24, 2.45) is 0 Å². The SMILES string of the molecule is O=[N+]([O-])c1cc(Cl)c(O)cc1CCl. The van der Waals surface area contributed by atoms with E-state index in [0.29, 0.717) is 0 Å². The normalized spacial score (nSPS) is 10.0. The van der Waals surface area contributed by atoms with Crippen molar-refractivity contribution in [2.75, 3.05) is 0 Å². The molecule has 4 nitrogen and oxygen atoms in total. The molecule has 0 aliphatic heterocycles. The Morgan fingerprint density at radius 2 is 2.15 bits per heavy atom. The number of alkyl halides is 1. The summed E-state index contributed by atoms with van der Waals surface area (Å²) in [5, 5.41) is 19.5. The fraction of sp³-hybridized carbons (Fsp3) is 0.143. The number of phenolic OH excluding ortho intramolecular Hbond substituents is 1. The van der Waals surface area contributed by atoms with E-state index < -0.39 is 4.92 Å². The van der Waals surface area contributed by atoms with Crippen LogP contribution in [0.25, 0.3) is 0 Å². The van der Waals surface area contributed by atoms with Crippen molar-refractivity contribution in [1.29, 1.82) is 0 Å². The zero-order valence-corrected chi connectivity index (χ0v) is 7.84. The average Bonchev–Trinajstić information content (AvgIpc) is 2.08. The molecule has 0 saturated carbocycles. The van der Waals surface area contributed by atoms with E-state index in [1.807, 2.05) is 0 Å². The standard InChI is InChI=1S/C7H5Cl2NO3/c8-3-4-1-7(11)5(9)2-6(4)10(12)13/h1-2,11H,3H2. The molecule has 6 heteroatoms. The van der Waals surface area contributed by atoms with Crippen LogP contribution in [0.5, 0.6) is 5.75 Å². The smallest absolute Gasteiger partial charge is 0.275 e. The highest BCUT2D eigenvalue weighted by Gasteiger charge is 2.16. The first-order chi connectivity index (χ1) is 6.06. The summed E-state index contributed by atoms with van der Waals surface area (Å²) < 4.78 is 0. The molecule has 1 aromatic rings. The van der Waals surface area contributed by atoms with Crippen LogP contribution < -0.4 is 0 Å². The minimum Gasteiger partial charge on any atom is -0.506 e. The van der Waals surface area contributed by atoms with Gasteiger partial charge in [-0.3, -0.25) is 10.1 Å². The molecule has 0 amide bonds. The Kier molecular flexibility index (Phi) is 2.95. The summed E-state index contributed by atoms with van der Waals surface area (Å²) in [5.74, 6) is -0.246. The van der Waals surface area contributed by atoms with E-state index in [4.69, 9.17) is 28.3 Å². The van der Waals surface area contributed by atoms with Crippen molar-refractivity contribution in [3.05, 3.63) is 32.8 Å². The van der Waals surface area contributed by atoms with Gasteiger partial charge in [0, 0.05) is 11.6 Å². The molecule has 0 saturated heterocycles. The summed E-state index contributed by atoms with van der Waals surface area (Å²) in [4.78, 5) is 9.86. The van der Waals surface area contributed by atoms with Crippen LogP contribution in [0.4, 0.5) is 5.69 Å². The van der Waals surface area contributed by atoms with Crippen molar-refractivity contribution in [3.63, 3.8) is 0 Å². The van der Waals surface area contributed by atoms with Crippen LogP contribution in [0.2, 0.25) is 5.02 Å². The zero-order chi connectivity index (χ0) is 10.0. The Morgan fingerprint density at radius 1 is 1.54 bits per heavy atom. The van der Waals surface area contributed by atoms with E-state index in [9.17, 15) is 10.1 Å². The molecule has 70 valence electrons. The molecular formula is C7H5Cl2NO3. The van der Waals surface area contributed by atoms with Gasteiger partial charge >= 0.3 is 0 Å². The minimum atomic E-state index is -0.594. The van der Waals surface area contributed by atoms with Gasteiger partial charge < -0.3 is 5.11 Å². The second kappa shape index (κ2) is 3.81. The van der Waals surface area contributed by atoms with E-state index in [1.165, 1.54) is 6.07 Å². The van der Waals surface area contributed by atoms with Crippen molar-refractivity contribution in [1.82, 2.24) is 0 Å². The Bertz CT molecular complexity index is 354. The average molecular weight is 222 g/mol. The maximum absolute atomic E-state index is 10.5. The fourth-order valence-electron chi connectivity index (χ4n) is 0.872. The summed E-state index contributed by atoms with van der Waals surface area (Å²) in [6.45, 7) is 0. The van der Waals surface area contributed by atoms with Gasteiger partial charge in [0.25, 0.3) is 5.69 Å². The monoisotopic (exact) mass is 221 g/mol. The number of hydrogen-bond donors (Lipinski definition) is 1. The van der Waals surface area contributed by atoms with Gasteiger partial charge in [0.15, 0.2) is 0 Å². The second-order valence-electron chi connectivity index (χ2n) is 2.32. The molecule has 0 heterocycles. The molecule has 0 radical (unpaired) electrons. The first-order valence-corrected chi connectivity index (χ1v) is 4.19. The third-order valence-electron chi connectivity index (χ3n) is 1.49. The molecule has 0 aliphatic rings. The number of hydrogen-bond acceptors (Lipinski definition) is 3. The highest BCUT2D eigenvalue weighted by molar-refractivity contribution is 6.32. The van der Waals surface area contributed by atoms with Crippen molar-refractivity contribution in [3.8, 4) is 5.75 Å². The predicted molar refractivity (Wildman–Crippen MR) is 49.3 cm³/mol. The zero-order valence-electron chi connectivity index (χ0n) is 6.33. The Hall–Kier alpha value is -1.00. The van der Waals surface area contributed by atoms with Gasteiger partial charge in [0.1, 0.15) is 5.75 Å². The first kappa shape index (κ1) is 10.1. The maximum Gasteiger partial charge on any atom is 0.275 e. The van der Waals surface area contributed by atoms with E-state index in [0.717, 1.165) is 6.07 Å². The number of benzene rings is 1. The van der Waals surface area contributed by atoms with Gasteiger partial charge in [-0.25, -0.2) is 0 Å². The summed E-state index contributed by atoms with van der Waals surface area (Å²) in [6.07, 6.45) is 0. The maximum atomic E-state index is 10.5. The molecule has 1 N–H and O–H groups in total. The van der Waals surface area contributed by atoms with Crippen LogP contribution in [0, 0.1) is 10.1 Å². The lowest BCUT2D eigenvalue weighted by Crippen LogP contribution is -1.93. The Morgan fingerprint density at radius 3 is 2.62 bits per heavy atom. The molecule has 0 aromatic heterocycles. The van der Waals surface area contributed by atoms with Gasteiger partial charge in [-0.2, -0.15) is 0 Å². The Balaban J connectivity index is 3.33. The number of halogens is 2. The number of nitrogens with zero attached hydrogens (tertiary/aromatic N) is 1. The van der Waals surface area contributed by atoms with E-state index in [2.05, 4.69) is 0 Å². The molecule has 1 aromatic carbocycles. The van der Waals surface area contributed by atoms with Gasteiger partial charge in [0.05, 0.1) is 15.8 Å². The summed E-state index contributed by atoms with van der Waals surface area (Å²) in [7, 11) is 0. The lowest BCUT2D eigenvalue weighted by Gasteiger charge is -2.01. The lowest BCUT2D eigenvalue weighted by molar-refractivity contribution is -0.385. The number of phenols is 1. The largest absolute Gasteiger partial charge is 0.506 e. The molecular weight excluding hydrogens is 217 g/mol. The van der Waals surface area contributed by atoms with Crippen LogP contribution in [0.15, 0.2) is 12.1 Å². The van der Waals surface area contributed by atoms with Gasteiger partial charge in [-0.05, 0) is 6.07 Å². The summed E-state index contributed by atoms with van der Waals surface area (Å²) in [6, 6.07) is 2.27. The Labute approximate surface area is 83.9 Å². The fourth-order valence-corrected chi connectivity index (χ4v) is 1.24. The molecule has 0 fully saturated rings. The number of aromatic hydroxyl groups is 1. The van der Waals surface area contributed by atoms with Crippen LogP contribution >= 0.6 is 23.2 Å². The number of nitro groups is 1. The van der Waals surface area contributed by atoms with Gasteiger partial charge in [-0.1, -0.05) is 11.6 Å². The molecule has 0 atom stereocenters. The summed E-state index contributed by atoms with van der Waals surface area (Å²) >= 11 is 10.9. The highest BCUT2D eigenvalue weighted by atomic mass is 35.5. The minimum absolute atomic E-state index is 0.0406. The molecule has 13 heavy (non-hydrogen) atoms. The third-order valence-corrected chi connectivity index (χ3v) is 2.08. The predicted octanol–water partition coefficient (Wildman–Crippen LogP) is 2.69. The van der Waals surface area contributed by atoms with Crippen molar-refractivity contribution in [2.45, 2.75) is 5.88 Å². The molecule has 0 spiro atoms. The first-order valence-electron chi connectivity index (χ1n) is 3.28. The number of nitro benzene ring substituents is 1. The van der Waals surface area contributed by atoms with Gasteiger partial charge in [0.2, 0.25) is 0 Å². The summed E-state index contributed by atoms with van der Waals surface area (Å²) in [5.41, 5.74) is 0.0615. The van der Waals surface area contributed by atoms with Gasteiger partial charge in [-0.15, -0.1) is 11.6 Å². The van der Waals surface area contributed by atoms with E-state index >= 15 is 0 Å². The molecule has 0 bridgehead atoms. The quantitative estimate of drug-likeness (QED) is 0.475. The van der Waals surface area contributed by atoms with Crippen LogP contribution in [0.3, 0.4) is 0 Å². The number of rotatable bonds is 2. The topological polar surface area (TPSA) is 63.4 Å². The highest BCUT2D eigenvalue weighted by Crippen LogP contribution is 2.32. The van der Waals surface area contributed by atoms with Crippen LogP contribution in [-0.2, 0) is 5.88 Å². The lowest BCUT2D eigenvalue weighted by atomic mass is 10.2. The van der Waals surface area contributed by atoms with Crippen molar-refractivity contribution < 1.29 is 10.0 Å². The second-order valence-corrected chi connectivity index (χ2v) is 3.00. The van der Waals surface area contributed by atoms with E-state index in [-0.39, 0.29) is 27.9 Å². The van der Waals surface area contributed by atoms with Crippen molar-refractivity contribution >= 4 is 28.9 Å². The van der Waals surface area contributed by atoms with Crippen LogP contribution in [0.1, 0.15) is 5.56 Å².